The summed E-state index contributed by atoms with van der Waals surface area (Å²) in [7, 11) is 0. The zero-order valence-corrected chi connectivity index (χ0v) is 23.4. The normalized spacial score (nSPS) is 13.4. The second-order valence-electron chi connectivity index (χ2n) is 11.8. The fourth-order valence-corrected chi connectivity index (χ4v) is 6.92. The molecule has 0 spiro atoms. The smallest absolute Gasteiger partial charge is 0.0541 e. The van der Waals surface area contributed by atoms with Gasteiger partial charge in [0.1, 0.15) is 0 Å². The average Bonchev–Trinajstić information content (AvgIpc) is 3.47. The Morgan fingerprint density at radius 2 is 1.02 bits per heavy atom. The van der Waals surface area contributed by atoms with Gasteiger partial charge in [0.25, 0.3) is 0 Å². The third kappa shape index (κ3) is 3.77. The van der Waals surface area contributed by atoms with Crippen molar-refractivity contribution in [2.75, 3.05) is 0 Å². The molecule has 1 nitrogen and oxygen atoms in total. The van der Waals surface area contributed by atoms with E-state index < -0.39 is 0 Å². The van der Waals surface area contributed by atoms with Crippen LogP contribution < -0.4 is 0 Å². The SMILES string of the molecule is CC1(C)c2ccccc2-c2ccc(Cc3ccc(-c4ccc(-n5c6ccccc6c6ccccc65)cc4)cc3)cc21. The van der Waals surface area contributed by atoms with Gasteiger partial charge in [0.15, 0.2) is 0 Å². The average molecular weight is 526 g/mol. The number of rotatable bonds is 4. The highest BCUT2D eigenvalue weighted by atomic mass is 15.0. The zero-order chi connectivity index (χ0) is 27.6. The Morgan fingerprint density at radius 1 is 0.488 bits per heavy atom. The Balaban J connectivity index is 1.06. The van der Waals surface area contributed by atoms with Crippen LogP contribution in [0.25, 0.3) is 49.7 Å². The van der Waals surface area contributed by atoms with Crippen LogP contribution in [0.2, 0.25) is 0 Å². The second-order valence-corrected chi connectivity index (χ2v) is 11.8. The first kappa shape index (κ1) is 24.0. The molecule has 0 N–H and O–H groups in total. The number of hydrogen-bond donors (Lipinski definition) is 0. The molecule has 1 aromatic heterocycles. The van der Waals surface area contributed by atoms with Crippen molar-refractivity contribution >= 4 is 21.8 Å². The predicted octanol–water partition coefficient (Wildman–Crippen LogP) is 10.3. The Kier molecular flexibility index (Phi) is 5.30. The van der Waals surface area contributed by atoms with Crippen LogP contribution in [0.15, 0.2) is 140 Å². The van der Waals surface area contributed by atoms with E-state index in [0.29, 0.717) is 0 Å². The summed E-state index contributed by atoms with van der Waals surface area (Å²) in [6.07, 6.45) is 0.937. The van der Waals surface area contributed by atoms with Gasteiger partial charge < -0.3 is 4.57 Å². The third-order valence-corrected chi connectivity index (χ3v) is 9.05. The Morgan fingerprint density at radius 3 is 1.71 bits per heavy atom. The van der Waals surface area contributed by atoms with Gasteiger partial charge in [0.2, 0.25) is 0 Å². The molecule has 7 aromatic rings. The van der Waals surface area contributed by atoms with Gasteiger partial charge in [-0.25, -0.2) is 0 Å². The van der Waals surface area contributed by atoms with Crippen LogP contribution in [0.3, 0.4) is 0 Å². The van der Waals surface area contributed by atoms with Gasteiger partial charge in [0.05, 0.1) is 11.0 Å². The molecule has 1 aliphatic carbocycles. The van der Waals surface area contributed by atoms with Gasteiger partial charge in [-0.3, -0.25) is 0 Å². The van der Waals surface area contributed by atoms with Crippen molar-refractivity contribution in [3.05, 3.63) is 162 Å². The molecule has 0 amide bonds. The minimum Gasteiger partial charge on any atom is -0.309 e. The summed E-state index contributed by atoms with van der Waals surface area (Å²) in [5, 5.41) is 2.58. The molecule has 8 rings (SSSR count). The lowest BCUT2D eigenvalue weighted by Crippen LogP contribution is -2.15. The van der Waals surface area contributed by atoms with Crippen molar-refractivity contribution < 1.29 is 0 Å². The van der Waals surface area contributed by atoms with Crippen LogP contribution in [0.4, 0.5) is 0 Å². The van der Waals surface area contributed by atoms with Gasteiger partial charge >= 0.3 is 0 Å². The van der Waals surface area contributed by atoms with Gasteiger partial charge in [-0.2, -0.15) is 0 Å². The number of nitrogens with zero attached hydrogens (tertiary/aromatic N) is 1. The van der Waals surface area contributed by atoms with Crippen molar-refractivity contribution in [1.29, 1.82) is 0 Å². The number of fused-ring (bicyclic) bond motifs is 6. The summed E-state index contributed by atoms with van der Waals surface area (Å²) in [6, 6.07) is 51.3. The maximum absolute atomic E-state index is 2.43. The highest BCUT2D eigenvalue weighted by Gasteiger charge is 2.35. The van der Waals surface area contributed by atoms with E-state index >= 15 is 0 Å². The van der Waals surface area contributed by atoms with E-state index in [1.807, 2.05) is 0 Å². The molecule has 196 valence electrons. The summed E-state index contributed by atoms with van der Waals surface area (Å²) in [6.45, 7) is 4.70. The van der Waals surface area contributed by atoms with E-state index in [4.69, 9.17) is 0 Å². The van der Waals surface area contributed by atoms with E-state index in [1.165, 1.54) is 72.0 Å². The second kappa shape index (κ2) is 9.08. The lowest BCUT2D eigenvalue weighted by molar-refractivity contribution is 0.659. The fourth-order valence-electron chi connectivity index (χ4n) is 6.92. The molecular weight excluding hydrogens is 494 g/mol. The Labute approximate surface area is 241 Å². The zero-order valence-electron chi connectivity index (χ0n) is 23.4. The van der Waals surface area contributed by atoms with Crippen molar-refractivity contribution in [3.63, 3.8) is 0 Å². The monoisotopic (exact) mass is 525 g/mol. The van der Waals surface area contributed by atoms with Gasteiger partial charge in [0, 0.05) is 21.9 Å². The standard InChI is InChI=1S/C40H31N/c1-40(2)36-12-6-3-9-32(36)33-24-17-28(26-37(33)40)25-27-15-18-29(19-16-27)30-20-22-31(23-21-30)41-38-13-7-4-10-34(38)35-11-5-8-14-39(35)41/h3-24,26H,25H2,1-2H3. The molecule has 1 heterocycles. The first-order chi connectivity index (χ1) is 20.1. The summed E-state index contributed by atoms with van der Waals surface area (Å²) in [5.41, 5.74) is 14.5. The first-order valence-electron chi connectivity index (χ1n) is 14.5. The van der Waals surface area contributed by atoms with E-state index in [2.05, 4.69) is 158 Å². The maximum Gasteiger partial charge on any atom is 0.0541 e. The topological polar surface area (TPSA) is 4.93 Å². The molecule has 0 radical (unpaired) electrons. The van der Waals surface area contributed by atoms with Crippen LogP contribution in [-0.2, 0) is 11.8 Å². The van der Waals surface area contributed by atoms with Crippen LogP contribution in [0.1, 0.15) is 36.1 Å². The summed E-state index contributed by atoms with van der Waals surface area (Å²) in [4.78, 5) is 0. The molecule has 0 bridgehead atoms. The number of benzene rings is 6. The minimum atomic E-state index is 0.0389. The Hall–Kier alpha value is -4.88. The molecule has 0 fully saturated rings. The molecule has 41 heavy (non-hydrogen) atoms. The highest BCUT2D eigenvalue weighted by molar-refractivity contribution is 6.09. The molecule has 1 heteroatoms. The molecule has 0 atom stereocenters. The molecular formula is C40H31N. The van der Waals surface area contributed by atoms with Crippen LogP contribution in [0, 0.1) is 0 Å². The molecule has 0 saturated heterocycles. The van der Waals surface area contributed by atoms with Crippen molar-refractivity contribution in [2.24, 2.45) is 0 Å². The quantitative estimate of drug-likeness (QED) is 0.215. The first-order valence-corrected chi connectivity index (χ1v) is 14.5. The number of aromatic nitrogens is 1. The van der Waals surface area contributed by atoms with Crippen molar-refractivity contribution in [3.8, 4) is 27.9 Å². The highest BCUT2D eigenvalue weighted by Crippen LogP contribution is 2.48. The maximum atomic E-state index is 2.43. The lowest BCUT2D eigenvalue weighted by Gasteiger charge is -2.22. The summed E-state index contributed by atoms with van der Waals surface area (Å²) >= 11 is 0. The molecule has 0 saturated carbocycles. The molecule has 0 aliphatic heterocycles. The number of hydrogen-bond acceptors (Lipinski definition) is 0. The van der Waals surface area contributed by atoms with E-state index in [-0.39, 0.29) is 5.41 Å². The lowest BCUT2D eigenvalue weighted by atomic mass is 9.81. The van der Waals surface area contributed by atoms with E-state index in [1.54, 1.807) is 0 Å². The van der Waals surface area contributed by atoms with Crippen molar-refractivity contribution in [2.45, 2.75) is 25.7 Å². The van der Waals surface area contributed by atoms with E-state index in [9.17, 15) is 0 Å². The number of para-hydroxylation sites is 2. The van der Waals surface area contributed by atoms with Crippen LogP contribution in [0.5, 0.6) is 0 Å². The predicted molar refractivity (Wildman–Crippen MR) is 173 cm³/mol. The summed E-state index contributed by atoms with van der Waals surface area (Å²) < 4.78 is 2.37. The van der Waals surface area contributed by atoms with Crippen molar-refractivity contribution in [1.82, 2.24) is 4.57 Å². The minimum absolute atomic E-state index is 0.0389. The van der Waals surface area contributed by atoms with Crippen LogP contribution >= 0.6 is 0 Å². The van der Waals surface area contributed by atoms with Gasteiger partial charge in [-0.1, -0.05) is 129 Å². The largest absolute Gasteiger partial charge is 0.309 e. The van der Waals surface area contributed by atoms with Gasteiger partial charge in [-0.15, -0.1) is 0 Å². The molecule has 6 aromatic carbocycles. The molecule has 0 unspecified atom stereocenters. The fraction of sp³-hybridized carbons (Fsp3) is 0.100. The summed E-state index contributed by atoms with van der Waals surface area (Å²) in [5.74, 6) is 0. The Bertz CT molecular complexity index is 2020. The van der Waals surface area contributed by atoms with E-state index in [0.717, 1.165) is 6.42 Å². The molecule has 1 aliphatic rings. The van der Waals surface area contributed by atoms with Crippen LogP contribution in [-0.4, -0.2) is 4.57 Å². The van der Waals surface area contributed by atoms with Gasteiger partial charge in [-0.05, 0) is 75.2 Å². The third-order valence-electron chi connectivity index (χ3n) is 9.05.